The second kappa shape index (κ2) is 8.02. The lowest BCUT2D eigenvalue weighted by Gasteiger charge is -2.19. The predicted octanol–water partition coefficient (Wildman–Crippen LogP) is 4.49. The van der Waals surface area contributed by atoms with Gasteiger partial charge in [0.2, 0.25) is 5.95 Å². The maximum atomic E-state index is 13.1. The van der Waals surface area contributed by atoms with Gasteiger partial charge in [0.1, 0.15) is 10.0 Å². The number of halogens is 4. The molecule has 1 rings (SSSR count). The maximum Gasteiger partial charge on any atom is 0.435 e. The van der Waals surface area contributed by atoms with Gasteiger partial charge >= 0.3 is 13.0 Å². The number of hydrogen-bond acceptors (Lipinski definition) is 7. The number of anilines is 1. The van der Waals surface area contributed by atoms with E-state index >= 15 is 0 Å². The monoisotopic (exact) mass is 393 g/mol. The average molecular weight is 394 g/mol. The lowest BCUT2D eigenvalue weighted by molar-refractivity contribution is -0.141. The third-order valence-corrected chi connectivity index (χ3v) is 6.38. The molecular formula is C11H16ClF3N3O3PS. The van der Waals surface area contributed by atoms with E-state index in [1.165, 1.54) is 19.0 Å². The van der Waals surface area contributed by atoms with Crippen molar-refractivity contribution in [3.8, 4) is 0 Å². The van der Waals surface area contributed by atoms with Gasteiger partial charge in [0.15, 0.2) is 5.69 Å². The Kier molecular flexibility index (Phi) is 7.15. The number of nitrogens with zero attached hydrogens (tertiary/aromatic N) is 3. The third kappa shape index (κ3) is 5.49. The summed E-state index contributed by atoms with van der Waals surface area (Å²) >= 11 is 6.19. The Bertz CT molecular complexity index is 594. The number of alkyl halides is 3. The van der Waals surface area contributed by atoms with E-state index in [1.807, 2.05) is 0 Å². The molecule has 0 amide bonds. The van der Waals surface area contributed by atoms with E-state index < -0.39 is 23.7 Å². The van der Waals surface area contributed by atoms with E-state index in [0.717, 1.165) is 0 Å². The van der Waals surface area contributed by atoms with Crippen LogP contribution in [0.4, 0.5) is 19.1 Å². The minimum atomic E-state index is -4.78. The highest BCUT2D eigenvalue weighted by Crippen LogP contribution is 2.64. The molecule has 0 aromatic carbocycles. The molecule has 0 aliphatic rings. The molecule has 0 saturated carbocycles. The largest absolute Gasteiger partial charge is 0.435 e. The highest BCUT2D eigenvalue weighted by atomic mass is 35.5. The van der Waals surface area contributed by atoms with E-state index in [2.05, 4.69) is 9.97 Å². The van der Waals surface area contributed by atoms with Gasteiger partial charge in [-0.2, -0.15) is 13.2 Å². The zero-order valence-corrected chi connectivity index (χ0v) is 15.3. The van der Waals surface area contributed by atoms with Crippen molar-refractivity contribution in [2.75, 3.05) is 32.2 Å². The SMILES string of the molecule is CCOP(=O)(OCC)Sc1nc(N(C)C)nc(C(F)(F)F)c1Cl. The van der Waals surface area contributed by atoms with Gasteiger partial charge in [0.25, 0.3) is 0 Å². The molecule has 0 aliphatic carbocycles. The second-order valence-electron chi connectivity index (χ2n) is 4.26. The van der Waals surface area contributed by atoms with Crippen LogP contribution in [0, 0.1) is 0 Å². The van der Waals surface area contributed by atoms with Gasteiger partial charge in [-0.3, -0.25) is 0 Å². The van der Waals surface area contributed by atoms with Crippen LogP contribution in [0.25, 0.3) is 0 Å². The zero-order chi connectivity index (χ0) is 17.8. The molecule has 0 unspecified atom stereocenters. The fourth-order valence-electron chi connectivity index (χ4n) is 1.38. The number of hydrogen-bond donors (Lipinski definition) is 0. The third-order valence-electron chi connectivity index (χ3n) is 2.25. The first-order valence-corrected chi connectivity index (χ1v) is 9.79. The average Bonchev–Trinajstić information content (AvgIpc) is 2.39. The zero-order valence-electron chi connectivity index (χ0n) is 12.8. The van der Waals surface area contributed by atoms with Crippen LogP contribution in [0.15, 0.2) is 5.03 Å². The molecule has 1 aromatic heterocycles. The Balaban J connectivity index is 3.39. The topological polar surface area (TPSA) is 64.6 Å². The van der Waals surface area contributed by atoms with E-state index in [1.54, 1.807) is 13.8 Å². The molecule has 0 N–H and O–H groups in total. The van der Waals surface area contributed by atoms with Crippen molar-refractivity contribution in [3.63, 3.8) is 0 Å². The van der Waals surface area contributed by atoms with Gasteiger partial charge in [-0.05, 0) is 13.8 Å². The summed E-state index contributed by atoms with van der Waals surface area (Å²) < 4.78 is 61.8. The summed E-state index contributed by atoms with van der Waals surface area (Å²) in [5.74, 6) is -0.219. The van der Waals surface area contributed by atoms with Crippen LogP contribution < -0.4 is 4.90 Å². The Morgan fingerprint density at radius 3 is 2.13 bits per heavy atom. The van der Waals surface area contributed by atoms with Crippen LogP contribution in [-0.4, -0.2) is 37.3 Å². The van der Waals surface area contributed by atoms with Crippen molar-refractivity contribution in [2.24, 2.45) is 0 Å². The van der Waals surface area contributed by atoms with Crippen LogP contribution in [0.5, 0.6) is 0 Å². The van der Waals surface area contributed by atoms with Gasteiger partial charge in [-0.25, -0.2) is 14.5 Å². The van der Waals surface area contributed by atoms with Crippen LogP contribution >= 0.6 is 29.8 Å². The first kappa shape index (κ1) is 20.5. The molecule has 0 aliphatic heterocycles. The molecule has 12 heteroatoms. The molecule has 0 bridgehead atoms. The van der Waals surface area contributed by atoms with Crippen molar-refractivity contribution in [1.29, 1.82) is 0 Å². The van der Waals surface area contributed by atoms with Crippen LogP contribution in [0.3, 0.4) is 0 Å². The first-order valence-electron chi connectivity index (χ1n) is 6.44. The normalized spacial score (nSPS) is 12.5. The summed E-state index contributed by atoms with van der Waals surface area (Å²) in [4.78, 5) is 8.59. The molecule has 0 atom stereocenters. The van der Waals surface area contributed by atoms with Gasteiger partial charge in [0.05, 0.1) is 13.2 Å². The highest BCUT2D eigenvalue weighted by Gasteiger charge is 2.39. The van der Waals surface area contributed by atoms with Crippen molar-refractivity contribution in [3.05, 3.63) is 10.7 Å². The first-order chi connectivity index (χ1) is 10.5. The molecular weight excluding hydrogens is 378 g/mol. The van der Waals surface area contributed by atoms with Gasteiger partial charge in [0, 0.05) is 25.5 Å². The summed E-state index contributed by atoms with van der Waals surface area (Å²) in [7, 11) is 2.95. The van der Waals surface area contributed by atoms with Gasteiger partial charge in [-0.15, -0.1) is 0 Å². The van der Waals surface area contributed by atoms with Crippen LogP contribution in [0.1, 0.15) is 19.5 Å². The van der Waals surface area contributed by atoms with Crippen LogP contribution in [0.2, 0.25) is 5.02 Å². The van der Waals surface area contributed by atoms with Crippen LogP contribution in [-0.2, 0) is 19.8 Å². The fraction of sp³-hybridized carbons (Fsp3) is 0.636. The molecule has 1 heterocycles. The smallest absolute Gasteiger partial charge is 0.347 e. The molecule has 6 nitrogen and oxygen atoms in total. The summed E-state index contributed by atoms with van der Waals surface area (Å²) in [6.45, 7) is -0.457. The molecule has 0 saturated heterocycles. The molecule has 23 heavy (non-hydrogen) atoms. The molecule has 1 aromatic rings. The quantitative estimate of drug-likeness (QED) is 0.499. The summed E-state index contributed by atoms with van der Waals surface area (Å²) in [5.41, 5.74) is -1.31. The van der Waals surface area contributed by atoms with Crippen molar-refractivity contribution < 1.29 is 26.8 Å². The Labute approximate surface area is 141 Å². The summed E-state index contributed by atoms with van der Waals surface area (Å²) in [6.07, 6.45) is -4.78. The molecule has 0 radical (unpaired) electrons. The summed E-state index contributed by atoms with van der Waals surface area (Å²) in [6, 6.07) is 0. The Morgan fingerprint density at radius 2 is 1.74 bits per heavy atom. The molecule has 0 fully saturated rings. The van der Waals surface area contributed by atoms with Gasteiger partial charge in [-0.1, -0.05) is 11.6 Å². The second-order valence-corrected chi connectivity index (χ2v) is 8.51. The minimum absolute atomic E-state index is 0.0552. The minimum Gasteiger partial charge on any atom is -0.347 e. The van der Waals surface area contributed by atoms with Gasteiger partial charge < -0.3 is 13.9 Å². The van der Waals surface area contributed by atoms with Crippen molar-refractivity contribution in [1.82, 2.24) is 9.97 Å². The molecule has 0 spiro atoms. The standard InChI is InChI=1S/C11H16ClF3N3O3PS/c1-5-20-22(19,21-6-2)23-9-7(12)8(11(13,14)15)16-10(17-9)18(3)4/h5-6H2,1-4H3. The lowest BCUT2D eigenvalue weighted by Crippen LogP contribution is -2.18. The van der Waals surface area contributed by atoms with Crippen molar-refractivity contribution >= 4 is 35.7 Å². The Hall–Kier alpha value is -0.540. The van der Waals surface area contributed by atoms with E-state index in [4.69, 9.17) is 20.6 Å². The number of aromatic nitrogens is 2. The maximum absolute atomic E-state index is 13.1. The van der Waals surface area contributed by atoms with E-state index in [9.17, 15) is 17.7 Å². The predicted molar refractivity (Wildman–Crippen MR) is 83.1 cm³/mol. The highest BCUT2D eigenvalue weighted by molar-refractivity contribution is 8.55. The fourth-order valence-corrected chi connectivity index (χ4v) is 5.15. The lowest BCUT2D eigenvalue weighted by atomic mass is 10.4. The molecule has 132 valence electrons. The number of rotatable bonds is 7. The van der Waals surface area contributed by atoms with E-state index in [0.29, 0.717) is 11.4 Å². The van der Waals surface area contributed by atoms with E-state index in [-0.39, 0.29) is 24.2 Å². The Morgan fingerprint density at radius 1 is 1.22 bits per heavy atom. The summed E-state index contributed by atoms with van der Waals surface area (Å²) in [5, 5.41) is -1.06. The van der Waals surface area contributed by atoms with Crippen molar-refractivity contribution in [2.45, 2.75) is 25.0 Å².